The maximum Gasteiger partial charge on any atom is 0.266 e. The van der Waals surface area contributed by atoms with Crippen molar-refractivity contribution in [2.75, 3.05) is 5.32 Å². The smallest absolute Gasteiger partial charge is 0.266 e. The quantitative estimate of drug-likeness (QED) is 0.678. The molecule has 2 aromatic carbocycles. The lowest BCUT2D eigenvalue weighted by Crippen LogP contribution is -2.12. The Morgan fingerprint density at radius 2 is 1.86 bits per heavy atom. The van der Waals surface area contributed by atoms with Gasteiger partial charge in [-0.1, -0.05) is 41.9 Å². The summed E-state index contributed by atoms with van der Waals surface area (Å²) in [4.78, 5) is 12.9. The molecule has 0 unspecified atom stereocenters. The average Bonchev–Trinajstić information content (AvgIpc) is 3.00. The third-order valence-electron chi connectivity index (χ3n) is 3.14. The van der Waals surface area contributed by atoms with E-state index in [0.29, 0.717) is 4.88 Å². The summed E-state index contributed by atoms with van der Waals surface area (Å²) >= 11 is 7.03. The highest BCUT2D eigenvalue weighted by Gasteiger charge is 2.16. The first-order valence-electron chi connectivity index (χ1n) is 6.54. The van der Waals surface area contributed by atoms with Crippen molar-refractivity contribution < 1.29 is 9.18 Å². The molecule has 0 saturated carbocycles. The summed E-state index contributed by atoms with van der Waals surface area (Å²) in [7, 11) is 0. The van der Waals surface area contributed by atoms with Crippen LogP contribution in [0.1, 0.15) is 9.67 Å². The predicted molar refractivity (Wildman–Crippen MR) is 89.1 cm³/mol. The van der Waals surface area contributed by atoms with Crippen molar-refractivity contribution >= 4 is 34.5 Å². The molecule has 0 radical (unpaired) electrons. The van der Waals surface area contributed by atoms with Crippen LogP contribution in [0.15, 0.2) is 60.0 Å². The number of amides is 1. The average molecular weight is 332 g/mol. The zero-order valence-electron chi connectivity index (χ0n) is 11.3. The minimum absolute atomic E-state index is 0.113. The minimum atomic E-state index is -0.557. The van der Waals surface area contributed by atoms with Crippen molar-refractivity contribution in [2.24, 2.45) is 0 Å². The molecule has 22 heavy (non-hydrogen) atoms. The van der Waals surface area contributed by atoms with E-state index >= 15 is 0 Å². The van der Waals surface area contributed by atoms with Crippen LogP contribution in [-0.4, -0.2) is 5.91 Å². The Bertz CT molecular complexity index is 817. The fraction of sp³-hybridized carbons (Fsp3) is 0. The molecule has 0 saturated heterocycles. The van der Waals surface area contributed by atoms with Gasteiger partial charge in [0.2, 0.25) is 0 Å². The van der Waals surface area contributed by atoms with Crippen molar-refractivity contribution in [1.29, 1.82) is 0 Å². The van der Waals surface area contributed by atoms with Crippen LogP contribution >= 0.6 is 22.9 Å². The molecule has 1 N–H and O–H groups in total. The second-order valence-electron chi connectivity index (χ2n) is 4.61. The first-order chi connectivity index (χ1) is 10.6. The monoisotopic (exact) mass is 331 g/mol. The Morgan fingerprint density at radius 3 is 2.59 bits per heavy atom. The molecule has 0 aliphatic rings. The van der Waals surface area contributed by atoms with E-state index in [4.69, 9.17) is 11.6 Å². The number of carbonyl (C=O) groups excluding carboxylic acids is 1. The molecule has 1 amide bonds. The van der Waals surface area contributed by atoms with E-state index in [2.05, 4.69) is 5.32 Å². The Labute approximate surface area is 136 Å². The first-order valence-corrected chi connectivity index (χ1v) is 7.80. The lowest BCUT2D eigenvalue weighted by atomic mass is 10.1. The Balaban J connectivity index is 1.89. The number of hydrogen-bond donors (Lipinski definition) is 1. The molecule has 0 atom stereocenters. The minimum Gasteiger partial charge on any atom is -0.319 e. The van der Waals surface area contributed by atoms with Gasteiger partial charge in [-0.25, -0.2) is 4.39 Å². The van der Waals surface area contributed by atoms with Gasteiger partial charge in [0.1, 0.15) is 5.82 Å². The summed E-state index contributed by atoms with van der Waals surface area (Å²) in [6.45, 7) is 0. The fourth-order valence-electron chi connectivity index (χ4n) is 2.10. The number of benzene rings is 2. The second-order valence-corrected chi connectivity index (χ2v) is 5.96. The number of carbonyl (C=O) groups is 1. The molecule has 1 heterocycles. The van der Waals surface area contributed by atoms with Gasteiger partial charge < -0.3 is 5.32 Å². The molecule has 0 fully saturated rings. The van der Waals surface area contributed by atoms with Crippen LogP contribution in [0.5, 0.6) is 0 Å². The van der Waals surface area contributed by atoms with Crippen molar-refractivity contribution in [3.05, 3.63) is 75.7 Å². The summed E-state index contributed by atoms with van der Waals surface area (Å²) in [6.07, 6.45) is 0. The van der Waals surface area contributed by atoms with Gasteiger partial charge in [-0.2, -0.15) is 0 Å². The van der Waals surface area contributed by atoms with E-state index in [1.165, 1.54) is 29.5 Å². The Morgan fingerprint density at radius 1 is 1.09 bits per heavy atom. The van der Waals surface area contributed by atoms with E-state index in [1.807, 2.05) is 41.8 Å². The first kappa shape index (κ1) is 14.8. The number of thiophene rings is 1. The van der Waals surface area contributed by atoms with Crippen LogP contribution in [0.2, 0.25) is 5.02 Å². The predicted octanol–water partition coefficient (Wildman–Crippen LogP) is 5.46. The Hall–Kier alpha value is -2.17. The maximum absolute atomic E-state index is 13.8. The summed E-state index contributed by atoms with van der Waals surface area (Å²) in [5.74, 6) is -0.895. The van der Waals surface area contributed by atoms with Gasteiger partial charge in [0, 0.05) is 10.6 Å². The number of nitrogens with one attached hydrogen (secondary N) is 1. The zero-order chi connectivity index (χ0) is 15.5. The highest BCUT2D eigenvalue weighted by atomic mass is 35.5. The number of rotatable bonds is 3. The van der Waals surface area contributed by atoms with E-state index in [0.717, 1.165) is 11.1 Å². The molecule has 0 aliphatic heterocycles. The van der Waals surface area contributed by atoms with Gasteiger partial charge in [-0.15, -0.1) is 11.3 Å². The van der Waals surface area contributed by atoms with Gasteiger partial charge in [-0.3, -0.25) is 4.79 Å². The van der Waals surface area contributed by atoms with E-state index in [-0.39, 0.29) is 16.6 Å². The topological polar surface area (TPSA) is 29.1 Å². The van der Waals surface area contributed by atoms with Crippen molar-refractivity contribution in [1.82, 2.24) is 0 Å². The maximum atomic E-state index is 13.8. The largest absolute Gasteiger partial charge is 0.319 e. The number of anilines is 1. The number of halogens is 2. The summed E-state index contributed by atoms with van der Waals surface area (Å²) in [5, 5.41) is 4.72. The third kappa shape index (κ3) is 3.03. The fourth-order valence-corrected chi connectivity index (χ4v) is 3.07. The summed E-state index contributed by atoms with van der Waals surface area (Å²) in [6, 6.07) is 15.6. The normalized spacial score (nSPS) is 10.5. The Kier molecular flexibility index (Phi) is 4.22. The zero-order valence-corrected chi connectivity index (χ0v) is 12.9. The van der Waals surface area contributed by atoms with E-state index in [1.54, 1.807) is 0 Å². The van der Waals surface area contributed by atoms with Gasteiger partial charge >= 0.3 is 0 Å². The number of hydrogen-bond acceptors (Lipinski definition) is 2. The van der Waals surface area contributed by atoms with E-state index in [9.17, 15) is 9.18 Å². The standard InChI is InChI=1S/C17H11ClFNOS/c18-12-6-7-15(14(19)10-12)20-17(21)16-13(8-9-22-16)11-4-2-1-3-5-11/h1-10H,(H,20,21). The van der Waals surface area contributed by atoms with Crippen molar-refractivity contribution in [3.8, 4) is 11.1 Å². The van der Waals surface area contributed by atoms with Crippen molar-refractivity contribution in [3.63, 3.8) is 0 Å². The molecule has 1 aromatic heterocycles. The molecular formula is C17H11ClFNOS. The van der Waals surface area contributed by atoms with Gasteiger partial charge in [0.15, 0.2) is 0 Å². The highest BCUT2D eigenvalue weighted by molar-refractivity contribution is 7.12. The molecule has 0 aliphatic carbocycles. The molecule has 3 rings (SSSR count). The SMILES string of the molecule is O=C(Nc1ccc(Cl)cc1F)c1sccc1-c1ccccc1. The van der Waals surface area contributed by atoms with Crippen LogP contribution in [0.3, 0.4) is 0 Å². The molecule has 0 spiro atoms. The van der Waals surface area contributed by atoms with Crippen LogP contribution in [0.25, 0.3) is 11.1 Å². The van der Waals surface area contributed by atoms with Crippen LogP contribution in [-0.2, 0) is 0 Å². The summed E-state index contributed by atoms with van der Waals surface area (Å²) < 4.78 is 13.8. The third-order valence-corrected chi connectivity index (χ3v) is 4.28. The van der Waals surface area contributed by atoms with E-state index < -0.39 is 5.82 Å². The van der Waals surface area contributed by atoms with Gasteiger partial charge in [0.05, 0.1) is 10.6 Å². The molecule has 2 nitrogen and oxygen atoms in total. The summed E-state index contributed by atoms with van der Waals surface area (Å²) in [5.41, 5.74) is 1.89. The molecule has 110 valence electrons. The van der Waals surface area contributed by atoms with Crippen molar-refractivity contribution in [2.45, 2.75) is 0 Å². The molecular weight excluding hydrogens is 321 g/mol. The van der Waals surface area contributed by atoms with Gasteiger partial charge in [-0.05, 0) is 35.2 Å². The lowest BCUT2D eigenvalue weighted by molar-refractivity contribution is 0.103. The second kappa shape index (κ2) is 6.30. The molecule has 0 bridgehead atoms. The van der Waals surface area contributed by atoms with Crippen LogP contribution in [0.4, 0.5) is 10.1 Å². The molecule has 3 aromatic rings. The van der Waals surface area contributed by atoms with Gasteiger partial charge in [0.25, 0.3) is 5.91 Å². The van der Waals surface area contributed by atoms with Crippen LogP contribution in [0, 0.1) is 5.82 Å². The van der Waals surface area contributed by atoms with Crippen LogP contribution < -0.4 is 5.32 Å². The molecule has 5 heteroatoms. The highest BCUT2D eigenvalue weighted by Crippen LogP contribution is 2.29. The lowest BCUT2D eigenvalue weighted by Gasteiger charge is -2.07.